The first kappa shape index (κ1) is 18.6. The van der Waals surface area contributed by atoms with Gasteiger partial charge in [0.25, 0.3) is 5.92 Å². The van der Waals surface area contributed by atoms with Crippen molar-refractivity contribution in [2.24, 2.45) is 5.41 Å². The maximum Gasteiger partial charge on any atom is 0.287 e. The standard InChI is InChI=1S/C18H15F4N5OS/c19-11-1-2-12(13(20)5-11)17(28,9-27-10-24-25-26-27)18(21,22)16-6-15(7-16,8-16)14-23-3-4-29-14/h1-5,10,28H,6-9H2/t15?,16?,17-/m1/s1. The van der Waals surface area contributed by atoms with Crippen LogP contribution in [0.1, 0.15) is 29.8 Å². The van der Waals surface area contributed by atoms with E-state index in [1.807, 2.05) is 0 Å². The molecule has 0 unspecified atom stereocenters. The highest BCUT2D eigenvalue weighted by Gasteiger charge is 2.82. The third-order valence-corrected chi connectivity index (χ3v) is 7.28. The van der Waals surface area contributed by atoms with Crippen LogP contribution in [0.25, 0.3) is 0 Å². The summed E-state index contributed by atoms with van der Waals surface area (Å²) >= 11 is 1.41. The van der Waals surface area contributed by atoms with Gasteiger partial charge in [-0.2, -0.15) is 0 Å². The maximum atomic E-state index is 15.9. The molecule has 0 saturated heterocycles. The molecule has 3 aromatic rings. The van der Waals surface area contributed by atoms with Gasteiger partial charge in [-0.1, -0.05) is 0 Å². The zero-order chi connectivity index (χ0) is 20.5. The van der Waals surface area contributed by atoms with Crippen LogP contribution in [0, 0.1) is 17.0 Å². The summed E-state index contributed by atoms with van der Waals surface area (Å²) in [6.07, 6.45) is 3.11. The third kappa shape index (κ3) is 2.37. The van der Waals surface area contributed by atoms with E-state index in [9.17, 15) is 13.9 Å². The molecule has 0 radical (unpaired) electrons. The molecule has 29 heavy (non-hydrogen) atoms. The van der Waals surface area contributed by atoms with Crippen LogP contribution in [-0.2, 0) is 17.6 Å². The molecule has 11 heteroatoms. The van der Waals surface area contributed by atoms with Crippen molar-refractivity contribution in [2.45, 2.75) is 42.7 Å². The van der Waals surface area contributed by atoms with E-state index in [0.717, 1.165) is 28.1 Å². The molecule has 2 heterocycles. The third-order valence-electron chi connectivity index (χ3n) is 6.26. The number of halogens is 4. The van der Waals surface area contributed by atoms with Gasteiger partial charge in [-0.3, -0.25) is 0 Å². The second-order valence-corrected chi connectivity index (χ2v) is 8.89. The van der Waals surface area contributed by atoms with Gasteiger partial charge >= 0.3 is 0 Å². The number of hydrogen-bond donors (Lipinski definition) is 1. The lowest BCUT2D eigenvalue weighted by Crippen LogP contribution is -2.76. The second-order valence-electron chi connectivity index (χ2n) is 7.99. The molecule has 2 aromatic heterocycles. The van der Waals surface area contributed by atoms with E-state index in [-0.39, 0.29) is 19.3 Å². The van der Waals surface area contributed by atoms with Gasteiger partial charge in [0.2, 0.25) is 0 Å². The Morgan fingerprint density at radius 3 is 2.55 bits per heavy atom. The first-order chi connectivity index (χ1) is 13.7. The number of aromatic nitrogens is 5. The monoisotopic (exact) mass is 425 g/mol. The summed E-state index contributed by atoms with van der Waals surface area (Å²) in [5.41, 5.74) is -5.56. The summed E-state index contributed by atoms with van der Waals surface area (Å²) in [6, 6.07) is 2.18. The van der Waals surface area contributed by atoms with Gasteiger partial charge in [0.1, 0.15) is 18.0 Å². The number of benzene rings is 1. The molecule has 3 fully saturated rings. The average molecular weight is 425 g/mol. The minimum Gasteiger partial charge on any atom is -0.377 e. The molecule has 3 aliphatic rings. The fourth-order valence-corrected chi connectivity index (χ4v) is 5.78. The summed E-state index contributed by atoms with van der Waals surface area (Å²) < 4.78 is 60.6. The smallest absolute Gasteiger partial charge is 0.287 e. The molecular formula is C18H15F4N5OS. The summed E-state index contributed by atoms with van der Waals surface area (Å²) in [5, 5.41) is 24.2. The van der Waals surface area contributed by atoms with E-state index in [2.05, 4.69) is 20.5 Å². The van der Waals surface area contributed by atoms with E-state index in [4.69, 9.17) is 0 Å². The highest BCUT2D eigenvalue weighted by atomic mass is 32.1. The van der Waals surface area contributed by atoms with Crippen LogP contribution in [0.3, 0.4) is 0 Å². The topological polar surface area (TPSA) is 76.7 Å². The van der Waals surface area contributed by atoms with Gasteiger partial charge < -0.3 is 5.11 Å². The summed E-state index contributed by atoms with van der Waals surface area (Å²) in [7, 11) is 0. The van der Waals surface area contributed by atoms with Crippen LogP contribution in [0.15, 0.2) is 36.1 Å². The molecule has 3 saturated carbocycles. The second kappa shape index (κ2) is 5.82. The molecule has 6 rings (SSSR count). The first-order valence-electron chi connectivity index (χ1n) is 8.88. The van der Waals surface area contributed by atoms with Gasteiger partial charge in [-0.15, -0.1) is 16.4 Å². The van der Waals surface area contributed by atoms with Gasteiger partial charge in [-0.05, 0) is 41.8 Å². The number of tetrazole rings is 1. The largest absolute Gasteiger partial charge is 0.377 e. The van der Waals surface area contributed by atoms with Crippen LogP contribution >= 0.6 is 11.3 Å². The zero-order valence-electron chi connectivity index (χ0n) is 14.9. The molecule has 1 N–H and O–H groups in total. The van der Waals surface area contributed by atoms with Crippen molar-refractivity contribution >= 4 is 11.3 Å². The van der Waals surface area contributed by atoms with Crippen LogP contribution in [0.4, 0.5) is 17.6 Å². The molecular weight excluding hydrogens is 410 g/mol. The van der Waals surface area contributed by atoms with Crippen LogP contribution in [0.2, 0.25) is 0 Å². The number of thiazole rings is 1. The van der Waals surface area contributed by atoms with Crippen molar-refractivity contribution in [1.29, 1.82) is 0 Å². The summed E-state index contributed by atoms with van der Waals surface area (Å²) in [5.74, 6) is -5.89. The summed E-state index contributed by atoms with van der Waals surface area (Å²) in [6.45, 7) is -0.776. The predicted molar refractivity (Wildman–Crippen MR) is 93.1 cm³/mol. The fraction of sp³-hybridized carbons (Fsp3) is 0.444. The Labute approximate surface area is 166 Å². The van der Waals surface area contributed by atoms with Crippen LogP contribution in [-0.4, -0.2) is 36.2 Å². The molecule has 1 aromatic carbocycles. The SMILES string of the molecule is O[C@](Cn1cnnn1)(c1ccc(F)cc1F)C(F)(F)C12CC(c3nccs3)(C1)C2. The van der Waals surface area contributed by atoms with Gasteiger partial charge in [0, 0.05) is 34.0 Å². The number of aliphatic hydroxyl groups is 1. The minimum absolute atomic E-state index is 0.140. The lowest BCUT2D eigenvalue weighted by molar-refractivity contribution is -0.347. The van der Waals surface area contributed by atoms with Crippen molar-refractivity contribution in [2.75, 3.05) is 0 Å². The maximum absolute atomic E-state index is 15.9. The number of hydrogen-bond acceptors (Lipinski definition) is 6. The van der Waals surface area contributed by atoms with Crippen molar-refractivity contribution in [1.82, 2.24) is 25.2 Å². The molecule has 3 aliphatic carbocycles. The van der Waals surface area contributed by atoms with E-state index in [0.29, 0.717) is 6.07 Å². The lowest BCUT2D eigenvalue weighted by Gasteiger charge is -2.73. The molecule has 152 valence electrons. The molecule has 2 bridgehead atoms. The molecule has 0 amide bonds. The Bertz CT molecular complexity index is 1040. The highest BCUT2D eigenvalue weighted by Crippen LogP contribution is 2.80. The lowest BCUT2D eigenvalue weighted by atomic mass is 9.32. The number of rotatable bonds is 6. The Morgan fingerprint density at radius 2 is 1.97 bits per heavy atom. The average Bonchev–Trinajstić information content (AvgIpc) is 3.25. The van der Waals surface area contributed by atoms with Gasteiger partial charge in [0.15, 0.2) is 5.60 Å². The normalized spacial score (nSPS) is 27.8. The van der Waals surface area contributed by atoms with E-state index in [1.54, 1.807) is 11.6 Å². The van der Waals surface area contributed by atoms with Gasteiger partial charge in [-0.25, -0.2) is 27.2 Å². The Hall–Kier alpha value is -2.40. The molecule has 6 nitrogen and oxygen atoms in total. The number of nitrogens with zero attached hydrogens (tertiary/aromatic N) is 5. The van der Waals surface area contributed by atoms with E-state index >= 15 is 8.78 Å². The van der Waals surface area contributed by atoms with Crippen molar-refractivity contribution < 1.29 is 22.7 Å². The van der Waals surface area contributed by atoms with Crippen LogP contribution in [0.5, 0.6) is 0 Å². The Balaban J connectivity index is 1.54. The van der Waals surface area contributed by atoms with E-state index in [1.165, 1.54) is 11.3 Å². The quantitative estimate of drug-likeness (QED) is 0.615. The summed E-state index contributed by atoms with van der Waals surface area (Å²) in [4.78, 5) is 4.24. The van der Waals surface area contributed by atoms with E-state index < -0.39 is 46.1 Å². The van der Waals surface area contributed by atoms with Crippen molar-refractivity contribution in [3.8, 4) is 0 Å². The fourth-order valence-electron chi connectivity index (χ4n) is 4.94. The molecule has 0 spiro atoms. The minimum atomic E-state index is -3.72. The van der Waals surface area contributed by atoms with Gasteiger partial charge in [0.05, 0.1) is 11.6 Å². The Morgan fingerprint density at radius 1 is 1.21 bits per heavy atom. The Kier molecular flexibility index (Phi) is 3.74. The first-order valence-corrected chi connectivity index (χ1v) is 9.76. The zero-order valence-corrected chi connectivity index (χ0v) is 15.7. The van der Waals surface area contributed by atoms with Crippen molar-refractivity contribution in [3.05, 3.63) is 58.3 Å². The molecule has 1 atom stereocenters. The van der Waals surface area contributed by atoms with Crippen LogP contribution < -0.4 is 0 Å². The van der Waals surface area contributed by atoms with Crippen molar-refractivity contribution in [3.63, 3.8) is 0 Å². The predicted octanol–water partition coefficient (Wildman–Crippen LogP) is 3.05. The molecule has 0 aliphatic heterocycles. The highest BCUT2D eigenvalue weighted by molar-refractivity contribution is 7.09. The number of alkyl halides is 2.